The molecule has 0 amide bonds. The zero-order valence-electron chi connectivity index (χ0n) is 23.0. The first kappa shape index (κ1) is 25.5. The Kier molecular flexibility index (Phi) is 6.44. The standard InChI is InChI=1S/C30H40FN5O3/c1-20-6-8-30(25-14-22(32)4-5-23(20)25)16-26-24(18-39-30)27(35-9-3-12-37-13-11-35)34-28(33-26)38-19-29-7-2-10-36(29)17-21(31)15-29/h4-5,14,20-21H,2-3,6-13,15-19,32H2,1H3/t20-,21+,29-,30+/m0/s1. The second-order valence-electron chi connectivity index (χ2n) is 12.3. The molecule has 3 saturated heterocycles. The van der Waals surface area contributed by atoms with Crippen LogP contribution < -0.4 is 15.4 Å². The van der Waals surface area contributed by atoms with Crippen LogP contribution in [0.1, 0.15) is 73.8 Å². The normalized spacial score (nSPS) is 32.5. The number of rotatable bonds is 4. The van der Waals surface area contributed by atoms with Crippen molar-refractivity contribution < 1.29 is 18.6 Å². The molecule has 1 aliphatic carbocycles. The predicted octanol–water partition coefficient (Wildman–Crippen LogP) is 4.11. The lowest BCUT2D eigenvalue weighted by atomic mass is 9.71. The minimum absolute atomic E-state index is 0.240. The first-order chi connectivity index (χ1) is 18.9. The van der Waals surface area contributed by atoms with E-state index in [1.165, 1.54) is 11.1 Å². The van der Waals surface area contributed by atoms with E-state index in [0.29, 0.717) is 51.1 Å². The number of anilines is 2. The summed E-state index contributed by atoms with van der Waals surface area (Å²) in [5, 5.41) is 0. The highest BCUT2D eigenvalue weighted by atomic mass is 19.1. The van der Waals surface area contributed by atoms with Crippen LogP contribution in [0, 0.1) is 0 Å². The van der Waals surface area contributed by atoms with Gasteiger partial charge in [0.05, 0.1) is 30.0 Å². The van der Waals surface area contributed by atoms with Gasteiger partial charge < -0.3 is 24.8 Å². The van der Waals surface area contributed by atoms with Gasteiger partial charge in [0.1, 0.15) is 18.6 Å². The summed E-state index contributed by atoms with van der Waals surface area (Å²) in [5.74, 6) is 1.36. The average molecular weight is 538 g/mol. The third-order valence-corrected chi connectivity index (χ3v) is 9.83. The van der Waals surface area contributed by atoms with Crippen molar-refractivity contribution in [2.24, 2.45) is 0 Å². The second-order valence-corrected chi connectivity index (χ2v) is 12.3. The third-order valence-electron chi connectivity index (χ3n) is 9.83. The summed E-state index contributed by atoms with van der Waals surface area (Å²) in [6.45, 7) is 7.66. The summed E-state index contributed by atoms with van der Waals surface area (Å²) >= 11 is 0. The molecule has 4 aliphatic heterocycles. The molecule has 2 aromatic rings. The van der Waals surface area contributed by atoms with E-state index in [-0.39, 0.29) is 5.54 Å². The van der Waals surface area contributed by atoms with Gasteiger partial charge in [-0.2, -0.15) is 9.97 Å². The molecule has 5 aliphatic rings. The zero-order valence-corrected chi connectivity index (χ0v) is 23.0. The summed E-state index contributed by atoms with van der Waals surface area (Å²) in [6, 6.07) is 6.66. The van der Waals surface area contributed by atoms with Crippen LogP contribution in [0.15, 0.2) is 18.2 Å². The smallest absolute Gasteiger partial charge is 0.318 e. The fourth-order valence-electron chi connectivity index (χ4n) is 7.72. The van der Waals surface area contributed by atoms with E-state index in [0.717, 1.165) is 81.1 Å². The van der Waals surface area contributed by atoms with Crippen molar-refractivity contribution in [2.45, 2.75) is 81.7 Å². The zero-order chi connectivity index (χ0) is 26.6. The van der Waals surface area contributed by atoms with Gasteiger partial charge in [0.2, 0.25) is 0 Å². The molecule has 4 atom stereocenters. The maximum Gasteiger partial charge on any atom is 0.318 e. The molecule has 0 saturated carbocycles. The fraction of sp³-hybridized carbons (Fsp3) is 0.667. The van der Waals surface area contributed by atoms with Gasteiger partial charge in [-0.05, 0) is 67.8 Å². The summed E-state index contributed by atoms with van der Waals surface area (Å²) in [6.07, 6.45) is 5.37. The molecule has 3 fully saturated rings. The van der Waals surface area contributed by atoms with Crippen molar-refractivity contribution >= 4 is 11.5 Å². The third kappa shape index (κ3) is 4.46. The topological polar surface area (TPSA) is 86.0 Å². The van der Waals surface area contributed by atoms with Crippen LogP contribution in [0.3, 0.4) is 0 Å². The molecule has 2 N–H and O–H groups in total. The number of hydrogen-bond donors (Lipinski definition) is 1. The Morgan fingerprint density at radius 2 is 2.08 bits per heavy atom. The van der Waals surface area contributed by atoms with Crippen molar-refractivity contribution in [1.29, 1.82) is 0 Å². The summed E-state index contributed by atoms with van der Waals surface area (Å²) in [7, 11) is 0. The fourth-order valence-corrected chi connectivity index (χ4v) is 7.72. The lowest BCUT2D eigenvalue weighted by Gasteiger charge is -2.44. The van der Waals surface area contributed by atoms with Crippen LogP contribution in [0.5, 0.6) is 6.01 Å². The summed E-state index contributed by atoms with van der Waals surface area (Å²) < 4.78 is 33.3. The highest BCUT2D eigenvalue weighted by Gasteiger charge is 2.50. The molecular formula is C30H40FN5O3. The van der Waals surface area contributed by atoms with Crippen molar-refractivity contribution in [3.05, 3.63) is 40.6 Å². The molecule has 0 unspecified atom stereocenters. The van der Waals surface area contributed by atoms with Crippen LogP contribution in [-0.4, -0.2) is 72.6 Å². The van der Waals surface area contributed by atoms with Crippen LogP contribution in [0.2, 0.25) is 0 Å². The van der Waals surface area contributed by atoms with Crippen LogP contribution >= 0.6 is 0 Å². The van der Waals surface area contributed by atoms with Gasteiger partial charge in [-0.1, -0.05) is 13.0 Å². The molecule has 0 bridgehead atoms. The van der Waals surface area contributed by atoms with Crippen molar-refractivity contribution in [1.82, 2.24) is 14.9 Å². The van der Waals surface area contributed by atoms with Crippen LogP contribution in [0.25, 0.3) is 0 Å². The molecule has 8 nitrogen and oxygen atoms in total. The second kappa shape index (κ2) is 9.85. The molecule has 39 heavy (non-hydrogen) atoms. The number of hydrogen-bond acceptors (Lipinski definition) is 8. The number of nitrogens with zero attached hydrogens (tertiary/aromatic N) is 4. The Balaban J connectivity index is 1.25. The SMILES string of the molecule is C[C@H]1CC[C@@]2(Cc3nc(OC[C@@]45CCCN4C[C@H](F)C5)nc(N4CCCOCC4)c3CO2)c2cc(N)ccc21. The number of benzene rings is 1. The Labute approximate surface area is 230 Å². The van der Waals surface area contributed by atoms with Crippen molar-refractivity contribution in [2.75, 3.05) is 56.6 Å². The number of alkyl halides is 1. The minimum Gasteiger partial charge on any atom is -0.461 e. The summed E-state index contributed by atoms with van der Waals surface area (Å²) in [5.41, 5.74) is 10.9. The first-order valence-electron chi connectivity index (χ1n) is 14.7. The Hall–Kier alpha value is -2.49. The van der Waals surface area contributed by atoms with Crippen molar-refractivity contribution in [3.8, 4) is 6.01 Å². The lowest BCUT2D eigenvalue weighted by Crippen LogP contribution is -2.44. The average Bonchev–Trinajstić information content (AvgIpc) is 3.31. The lowest BCUT2D eigenvalue weighted by molar-refractivity contribution is -0.0871. The molecule has 1 aromatic carbocycles. The Morgan fingerprint density at radius 3 is 3.00 bits per heavy atom. The van der Waals surface area contributed by atoms with E-state index in [4.69, 9.17) is 29.9 Å². The van der Waals surface area contributed by atoms with Gasteiger partial charge in [-0.15, -0.1) is 0 Å². The largest absolute Gasteiger partial charge is 0.461 e. The van der Waals surface area contributed by atoms with E-state index in [1.807, 2.05) is 6.07 Å². The minimum atomic E-state index is -0.788. The van der Waals surface area contributed by atoms with Gasteiger partial charge >= 0.3 is 6.01 Å². The number of nitrogens with two attached hydrogens (primary N) is 1. The van der Waals surface area contributed by atoms with E-state index in [1.54, 1.807) is 0 Å². The number of nitrogen functional groups attached to an aromatic ring is 1. The maximum atomic E-state index is 14.4. The molecule has 5 heterocycles. The van der Waals surface area contributed by atoms with E-state index >= 15 is 0 Å². The first-order valence-corrected chi connectivity index (χ1v) is 14.7. The molecule has 0 radical (unpaired) electrons. The molecule has 210 valence electrons. The van der Waals surface area contributed by atoms with Crippen LogP contribution in [-0.2, 0) is 28.1 Å². The molecule has 7 rings (SSSR count). The quantitative estimate of drug-likeness (QED) is 0.584. The van der Waals surface area contributed by atoms with Gasteiger partial charge in [-0.3, -0.25) is 4.90 Å². The van der Waals surface area contributed by atoms with E-state index in [9.17, 15) is 4.39 Å². The van der Waals surface area contributed by atoms with Gasteiger partial charge in [-0.25, -0.2) is 4.39 Å². The summed E-state index contributed by atoms with van der Waals surface area (Å²) in [4.78, 5) is 14.6. The molecule has 1 spiro atoms. The molecule has 1 aromatic heterocycles. The monoisotopic (exact) mass is 537 g/mol. The molecular weight excluding hydrogens is 497 g/mol. The number of aromatic nitrogens is 2. The van der Waals surface area contributed by atoms with Gasteiger partial charge in [0.25, 0.3) is 0 Å². The number of ether oxygens (including phenoxy) is 3. The Morgan fingerprint density at radius 1 is 1.15 bits per heavy atom. The highest BCUT2D eigenvalue weighted by Crippen LogP contribution is 2.49. The predicted molar refractivity (Wildman–Crippen MR) is 147 cm³/mol. The van der Waals surface area contributed by atoms with E-state index in [2.05, 4.69) is 28.9 Å². The number of halogens is 1. The van der Waals surface area contributed by atoms with Gasteiger partial charge in [0, 0.05) is 50.3 Å². The van der Waals surface area contributed by atoms with E-state index < -0.39 is 11.8 Å². The van der Waals surface area contributed by atoms with Gasteiger partial charge in [0.15, 0.2) is 0 Å². The van der Waals surface area contributed by atoms with Crippen molar-refractivity contribution in [3.63, 3.8) is 0 Å². The number of fused-ring (bicyclic) bond motifs is 4. The maximum absolute atomic E-state index is 14.4. The highest BCUT2D eigenvalue weighted by molar-refractivity contribution is 5.54. The Bertz CT molecular complexity index is 1240. The van der Waals surface area contributed by atoms with Crippen LogP contribution in [0.4, 0.5) is 15.9 Å². The molecule has 9 heteroatoms.